The van der Waals surface area contributed by atoms with Crippen molar-refractivity contribution < 1.29 is 4.74 Å². The van der Waals surface area contributed by atoms with E-state index in [1.807, 2.05) is 36.7 Å². The molecule has 0 aliphatic rings. The first kappa shape index (κ1) is 13.2. The maximum absolute atomic E-state index is 8.92. The van der Waals surface area contributed by atoms with Crippen molar-refractivity contribution >= 4 is 0 Å². The maximum Gasteiger partial charge on any atom is 0.146 e. The Morgan fingerprint density at radius 1 is 1.32 bits per heavy atom. The van der Waals surface area contributed by atoms with E-state index < -0.39 is 0 Å². The van der Waals surface area contributed by atoms with Gasteiger partial charge in [-0.1, -0.05) is 0 Å². The van der Waals surface area contributed by atoms with Crippen LogP contribution in [0.15, 0.2) is 24.5 Å². The van der Waals surface area contributed by atoms with Gasteiger partial charge in [0.05, 0.1) is 11.6 Å². The number of aryl methyl sites for hydroxylation is 3. The minimum Gasteiger partial charge on any atom is -0.485 e. The second kappa shape index (κ2) is 5.57. The van der Waals surface area contributed by atoms with Crippen LogP contribution >= 0.6 is 0 Å². The molecule has 1 heterocycles. The summed E-state index contributed by atoms with van der Waals surface area (Å²) in [6.45, 7) is 7.30. The third kappa shape index (κ3) is 2.76. The molecule has 0 amide bonds. The second-order valence-corrected chi connectivity index (χ2v) is 4.47. The van der Waals surface area contributed by atoms with E-state index in [2.05, 4.69) is 18.0 Å². The zero-order valence-corrected chi connectivity index (χ0v) is 11.5. The van der Waals surface area contributed by atoms with Crippen molar-refractivity contribution in [2.24, 2.45) is 0 Å². The van der Waals surface area contributed by atoms with Gasteiger partial charge < -0.3 is 9.30 Å². The van der Waals surface area contributed by atoms with Gasteiger partial charge in [-0.05, 0) is 44.0 Å². The Hall–Kier alpha value is -2.28. The minimum atomic E-state index is 0.439. The molecule has 0 spiro atoms. The second-order valence-electron chi connectivity index (χ2n) is 4.47. The summed E-state index contributed by atoms with van der Waals surface area (Å²) in [6.07, 6.45) is 3.72. The number of ether oxygens (including phenoxy) is 1. The summed E-state index contributed by atoms with van der Waals surface area (Å²) in [6, 6.07) is 5.84. The molecule has 1 aromatic carbocycles. The molecule has 0 aliphatic heterocycles. The van der Waals surface area contributed by atoms with Gasteiger partial charge in [0.1, 0.15) is 18.2 Å². The molecule has 0 N–H and O–H groups in total. The van der Waals surface area contributed by atoms with Crippen molar-refractivity contribution in [2.45, 2.75) is 33.9 Å². The zero-order valence-electron chi connectivity index (χ0n) is 11.5. The standard InChI is InChI=1S/C15H17N3O/c1-4-18-6-5-17-14(18)10-19-15-11(2)7-13(9-16)8-12(15)3/h5-8H,4,10H2,1-3H3. The highest BCUT2D eigenvalue weighted by atomic mass is 16.5. The monoisotopic (exact) mass is 255 g/mol. The van der Waals surface area contributed by atoms with E-state index in [-0.39, 0.29) is 0 Å². The van der Waals surface area contributed by atoms with Crippen LogP contribution in [0.5, 0.6) is 5.75 Å². The van der Waals surface area contributed by atoms with Gasteiger partial charge in [0.2, 0.25) is 0 Å². The van der Waals surface area contributed by atoms with Gasteiger partial charge in [-0.15, -0.1) is 0 Å². The van der Waals surface area contributed by atoms with Gasteiger partial charge in [0.15, 0.2) is 0 Å². The number of hydrogen-bond donors (Lipinski definition) is 0. The lowest BCUT2D eigenvalue weighted by Crippen LogP contribution is -2.06. The zero-order chi connectivity index (χ0) is 13.8. The van der Waals surface area contributed by atoms with Crippen molar-refractivity contribution in [3.63, 3.8) is 0 Å². The molecule has 0 saturated heterocycles. The minimum absolute atomic E-state index is 0.439. The van der Waals surface area contributed by atoms with E-state index in [0.717, 1.165) is 29.2 Å². The normalized spacial score (nSPS) is 10.2. The molecule has 4 heteroatoms. The van der Waals surface area contributed by atoms with Crippen LogP contribution < -0.4 is 4.74 Å². The fourth-order valence-corrected chi connectivity index (χ4v) is 2.15. The highest BCUT2D eigenvalue weighted by Crippen LogP contribution is 2.25. The summed E-state index contributed by atoms with van der Waals surface area (Å²) in [5, 5.41) is 8.92. The summed E-state index contributed by atoms with van der Waals surface area (Å²) in [5.41, 5.74) is 2.62. The van der Waals surface area contributed by atoms with E-state index in [1.165, 1.54) is 0 Å². The van der Waals surface area contributed by atoms with Crippen LogP contribution in [0, 0.1) is 25.2 Å². The molecule has 0 atom stereocenters. The Labute approximate surface area is 113 Å². The molecule has 4 nitrogen and oxygen atoms in total. The lowest BCUT2D eigenvalue weighted by molar-refractivity contribution is 0.286. The lowest BCUT2D eigenvalue weighted by atomic mass is 10.1. The molecule has 0 saturated carbocycles. The molecular formula is C15H17N3O. The van der Waals surface area contributed by atoms with Gasteiger partial charge in [0.25, 0.3) is 0 Å². The van der Waals surface area contributed by atoms with Gasteiger partial charge in [-0.2, -0.15) is 5.26 Å². The topological polar surface area (TPSA) is 50.8 Å². The van der Waals surface area contributed by atoms with E-state index in [1.54, 1.807) is 6.20 Å². The van der Waals surface area contributed by atoms with Crippen LogP contribution in [0.25, 0.3) is 0 Å². The van der Waals surface area contributed by atoms with E-state index in [0.29, 0.717) is 12.2 Å². The molecule has 2 aromatic rings. The number of imidazole rings is 1. The molecule has 0 aliphatic carbocycles. The first-order valence-corrected chi connectivity index (χ1v) is 6.29. The predicted molar refractivity (Wildman–Crippen MR) is 72.9 cm³/mol. The number of rotatable bonds is 4. The summed E-state index contributed by atoms with van der Waals surface area (Å²) in [7, 11) is 0. The molecule has 0 radical (unpaired) electrons. The maximum atomic E-state index is 8.92. The van der Waals surface area contributed by atoms with Crippen LogP contribution in [0.3, 0.4) is 0 Å². The Bertz CT molecular complexity index is 600. The molecule has 0 bridgehead atoms. The van der Waals surface area contributed by atoms with Crippen molar-refractivity contribution in [3.8, 4) is 11.8 Å². The van der Waals surface area contributed by atoms with E-state index in [9.17, 15) is 0 Å². The molecule has 0 unspecified atom stereocenters. The first-order chi connectivity index (χ1) is 9.15. The number of nitriles is 1. The van der Waals surface area contributed by atoms with Crippen LogP contribution in [-0.4, -0.2) is 9.55 Å². The molecular weight excluding hydrogens is 238 g/mol. The fraction of sp³-hybridized carbons (Fsp3) is 0.333. The summed E-state index contributed by atoms with van der Waals surface area (Å²) in [5.74, 6) is 1.75. The van der Waals surface area contributed by atoms with Crippen molar-refractivity contribution in [3.05, 3.63) is 47.0 Å². The van der Waals surface area contributed by atoms with Crippen LogP contribution in [0.2, 0.25) is 0 Å². The van der Waals surface area contributed by atoms with Gasteiger partial charge in [-0.3, -0.25) is 0 Å². The molecule has 1 aromatic heterocycles. The SMILES string of the molecule is CCn1ccnc1COc1c(C)cc(C#N)cc1C. The quantitative estimate of drug-likeness (QED) is 0.844. The average Bonchev–Trinajstić information content (AvgIpc) is 2.85. The van der Waals surface area contributed by atoms with E-state index >= 15 is 0 Å². The van der Waals surface area contributed by atoms with Gasteiger partial charge in [-0.25, -0.2) is 4.98 Å². The average molecular weight is 255 g/mol. The molecule has 98 valence electrons. The number of nitrogens with zero attached hydrogens (tertiary/aromatic N) is 3. The van der Waals surface area contributed by atoms with E-state index in [4.69, 9.17) is 10.00 Å². The van der Waals surface area contributed by atoms with Crippen molar-refractivity contribution in [1.82, 2.24) is 9.55 Å². The van der Waals surface area contributed by atoms with Gasteiger partial charge in [0, 0.05) is 18.9 Å². The summed E-state index contributed by atoms with van der Waals surface area (Å²) >= 11 is 0. The Morgan fingerprint density at radius 2 is 2.00 bits per heavy atom. The van der Waals surface area contributed by atoms with Crippen LogP contribution in [0.1, 0.15) is 29.4 Å². The highest BCUT2D eigenvalue weighted by molar-refractivity contribution is 5.47. The Morgan fingerprint density at radius 3 is 2.58 bits per heavy atom. The largest absolute Gasteiger partial charge is 0.485 e. The summed E-state index contributed by atoms with van der Waals surface area (Å²) in [4.78, 5) is 4.28. The lowest BCUT2D eigenvalue weighted by Gasteiger charge is -2.13. The van der Waals surface area contributed by atoms with Gasteiger partial charge >= 0.3 is 0 Å². The number of benzene rings is 1. The number of aromatic nitrogens is 2. The number of hydrogen-bond acceptors (Lipinski definition) is 3. The first-order valence-electron chi connectivity index (χ1n) is 6.29. The fourth-order valence-electron chi connectivity index (χ4n) is 2.15. The van der Waals surface area contributed by atoms with Crippen LogP contribution in [0.4, 0.5) is 0 Å². The molecule has 0 fully saturated rings. The predicted octanol–water partition coefficient (Wildman–Crippen LogP) is 2.97. The Kier molecular flexibility index (Phi) is 3.86. The third-order valence-electron chi connectivity index (χ3n) is 3.08. The highest BCUT2D eigenvalue weighted by Gasteiger charge is 2.08. The molecule has 2 rings (SSSR count). The van der Waals surface area contributed by atoms with Crippen molar-refractivity contribution in [2.75, 3.05) is 0 Å². The third-order valence-corrected chi connectivity index (χ3v) is 3.08. The summed E-state index contributed by atoms with van der Waals surface area (Å²) < 4.78 is 7.91. The van der Waals surface area contributed by atoms with Crippen molar-refractivity contribution in [1.29, 1.82) is 5.26 Å². The smallest absolute Gasteiger partial charge is 0.146 e. The Balaban J connectivity index is 2.19. The molecule has 19 heavy (non-hydrogen) atoms. The van der Waals surface area contributed by atoms with Crippen LogP contribution in [-0.2, 0) is 13.2 Å².